The highest BCUT2D eigenvalue weighted by Gasteiger charge is 2.37. The first-order chi connectivity index (χ1) is 16.6. The van der Waals surface area contributed by atoms with Gasteiger partial charge >= 0.3 is 11.9 Å². The van der Waals surface area contributed by atoms with Crippen LogP contribution in [0.2, 0.25) is 0 Å². The van der Waals surface area contributed by atoms with Crippen molar-refractivity contribution < 1.29 is 19.1 Å². The Morgan fingerprint density at radius 2 is 1.03 bits per heavy atom. The van der Waals surface area contributed by atoms with Crippen LogP contribution in [0.25, 0.3) is 0 Å². The molecule has 1 heterocycles. The number of carbonyl (C=O) groups is 2. The minimum absolute atomic E-state index is 0.00264. The standard InChI is InChI=1S/C29H40N2O4/c1-19(2)23-27(32)34-17-29(5,6)18-35-28(33)24(20(3)4)31-26(22-15-11-8-12-16-22)25(30-23)21-13-9-7-10-14-21/h7-16,19-20,23-26,30-31H,17-18H2,1-6H3/t23-,24?,25?,26+/m0/s1. The molecule has 0 spiro atoms. The summed E-state index contributed by atoms with van der Waals surface area (Å²) in [5.74, 6) is -0.604. The van der Waals surface area contributed by atoms with E-state index >= 15 is 0 Å². The van der Waals surface area contributed by atoms with E-state index in [1.807, 2.05) is 102 Å². The highest BCUT2D eigenvalue weighted by Crippen LogP contribution is 2.32. The molecule has 6 heteroatoms. The molecule has 4 atom stereocenters. The van der Waals surface area contributed by atoms with Crippen LogP contribution in [-0.4, -0.2) is 37.2 Å². The van der Waals surface area contributed by atoms with Crippen molar-refractivity contribution >= 4 is 11.9 Å². The molecule has 2 aromatic carbocycles. The van der Waals surface area contributed by atoms with Crippen molar-refractivity contribution in [2.75, 3.05) is 13.2 Å². The number of benzene rings is 2. The lowest BCUT2D eigenvalue weighted by atomic mass is 9.89. The van der Waals surface area contributed by atoms with E-state index in [9.17, 15) is 9.59 Å². The van der Waals surface area contributed by atoms with E-state index in [1.165, 1.54) is 0 Å². The fourth-order valence-electron chi connectivity index (χ4n) is 4.30. The van der Waals surface area contributed by atoms with Gasteiger partial charge in [-0.3, -0.25) is 20.2 Å². The smallest absolute Gasteiger partial charge is 0.323 e. The molecule has 3 rings (SSSR count). The fourth-order valence-corrected chi connectivity index (χ4v) is 4.30. The highest BCUT2D eigenvalue weighted by molar-refractivity contribution is 5.77. The van der Waals surface area contributed by atoms with Crippen molar-refractivity contribution in [2.24, 2.45) is 17.3 Å². The fraction of sp³-hybridized carbons (Fsp3) is 0.517. The van der Waals surface area contributed by atoms with E-state index in [0.29, 0.717) is 0 Å². The topological polar surface area (TPSA) is 76.7 Å². The Morgan fingerprint density at radius 1 is 0.686 bits per heavy atom. The Balaban J connectivity index is 2.15. The van der Waals surface area contributed by atoms with Gasteiger partial charge in [-0.2, -0.15) is 0 Å². The van der Waals surface area contributed by atoms with Crippen LogP contribution in [0.1, 0.15) is 64.8 Å². The Labute approximate surface area is 209 Å². The number of rotatable bonds is 4. The molecule has 0 saturated carbocycles. The summed E-state index contributed by atoms with van der Waals surface area (Å²) in [4.78, 5) is 26.6. The van der Waals surface area contributed by atoms with Gasteiger partial charge in [0.25, 0.3) is 0 Å². The summed E-state index contributed by atoms with van der Waals surface area (Å²) >= 11 is 0. The van der Waals surface area contributed by atoms with Crippen LogP contribution in [0.3, 0.4) is 0 Å². The average molecular weight is 481 g/mol. The maximum Gasteiger partial charge on any atom is 0.323 e. The van der Waals surface area contributed by atoms with Gasteiger partial charge < -0.3 is 9.47 Å². The van der Waals surface area contributed by atoms with Crippen molar-refractivity contribution in [1.29, 1.82) is 0 Å². The van der Waals surface area contributed by atoms with Crippen LogP contribution < -0.4 is 10.6 Å². The summed E-state index contributed by atoms with van der Waals surface area (Å²) in [6.07, 6.45) is 0. The predicted molar refractivity (Wildman–Crippen MR) is 138 cm³/mol. The van der Waals surface area contributed by atoms with E-state index < -0.39 is 17.5 Å². The van der Waals surface area contributed by atoms with E-state index in [0.717, 1.165) is 11.1 Å². The molecular formula is C29H40N2O4. The van der Waals surface area contributed by atoms with Crippen LogP contribution in [0.4, 0.5) is 0 Å². The van der Waals surface area contributed by atoms with Crippen molar-refractivity contribution in [1.82, 2.24) is 10.6 Å². The van der Waals surface area contributed by atoms with Gasteiger partial charge in [0, 0.05) is 5.41 Å². The van der Waals surface area contributed by atoms with E-state index in [2.05, 4.69) is 10.6 Å². The molecule has 0 aliphatic carbocycles. The van der Waals surface area contributed by atoms with Crippen LogP contribution in [0.5, 0.6) is 0 Å². The average Bonchev–Trinajstić information content (AvgIpc) is 2.84. The zero-order chi connectivity index (χ0) is 25.6. The van der Waals surface area contributed by atoms with Crippen LogP contribution in [0, 0.1) is 17.3 Å². The second-order valence-corrected chi connectivity index (χ2v) is 10.9. The lowest BCUT2D eigenvalue weighted by Gasteiger charge is -2.36. The number of esters is 2. The van der Waals surface area contributed by atoms with Gasteiger partial charge in [-0.15, -0.1) is 0 Å². The van der Waals surface area contributed by atoms with Crippen LogP contribution in [0.15, 0.2) is 60.7 Å². The number of hydrogen-bond acceptors (Lipinski definition) is 6. The largest absolute Gasteiger partial charge is 0.464 e. The van der Waals surface area contributed by atoms with Gasteiger partial charge in [0.1, 0.15) is 12.1 Å². The summed E-state index contributed by atoms with van der Waals surface area (Å²) in [6.45, 7) is 12.3. The SMILES string of the molecule is CC(C)C1N[C@H](c2ccccc2)C(c2ccccc2)N[C@@H](C(C)C)C(=O)OCC(C)(C)COC1=O. The number of hydrogen-bond donors (Lipinski definition) is 2. The molecule has 2 N–H and O–H groups in total. The van der Waals surface area contributed by atoms with Gasteiger partial charge in [0.05, 0.1) is 25.3 Å². The summed E-state index contributed by atoms with van der Waals surface area (Å²) in [6, 6.07) is 18.4. The molecule has 2 unspecified atom stereocenters. The number of carbonyl (C=O) groups excluding carboxylic acids is 2. The quantitative estimate of drug-likeness (QED) is 0.611. The Bertz CT molecular complexity index is 882. The Hall–Kier alpha value is -2.70. The first kappa shape index (κ1) is 26.9. The minimum Gasteiger partial charge on any atom is -0.464 e. The molecule has 0 bridgehead atoms. The molecule has 0 radical (unpaired) electrons. The summed E-state index contributed by atoms with van der Waals surface area (Å²) < 4.78 is 11.5. The van der Waals surface area contributed by atoms with E-state index in [1.54, 1.807) is 0 Å². The van der Waals surface area contributed by atoms with Gasteiger partial charge in [0.15, 0.2) is 0 Å². The van der Waals surface area contributed by atoms with Gasteiger partial charge in [-0.25, -0.2) is 0 Å². The van der Waals surface area contributed by atoms with Crippen molar-refractivity contribution in [3.63, 3.8) is 0 Å². The molecule has 190 valence electrons. The van der Waals surface area contributed by atoms with Crippen molar-refractivity contribution in [2.45, 2.75) is 65.7 Å². The lowest BCUT2D eigenvalue weighted by molar-refractivity contribution is -0.156. The van der Waals surface area contributed by atoms with Gasteiger partial charge in [-0.05, 0) is 23.0 Å². The number of cyclic esters (lactones) is 2. The molecule has 35 heavy (non-hydrogen) atoms. The maximum atomic E-state index is 13.3. The Kier molecular flexibility index (Phi) is 9.09. The van der Waals surface area contributed by atoms with Gasteiger partial charge in [-0.1, -0.05) is 102 Å². The first-order valence-electron chi connectivity index (χ1n) is 12.5. The second-order valence-electron chi connectivity index (χ2n) is 10.9. The maximum absolute atomic E-state index is 13.3. The Morgan fingerprint density at radius 3 is 1.34 bits per heavy atom. The third-order valence-corrected chi connectivity index (χ3v) is 6.42. The molecule has 6 nitrogen and oxygen atoms in total. The van der Waals surface area contributed by atoms with E-state index in [-0.39, 0.29) is 49.1 Å². The summed E-state index contributed by atoms with van der Waals surface area (Å²) in [5, 5.41) is 7.24. The molecule has 1 aliphatic heterocycles. The van der Waals surface area contributed by atoms with Crippen LogP contribution >= 0.6 is 0 Å². The highest BCUT2D eigenvalue weighted by atomic mass is 16.5. The molecule has 0 amide bonds. The monoisotopic (exact) mass is 480 g/mol. The molecule has 1 fully saturated rings. The lowest BCUT2D eigenvalue weighted by Crippen LogP contribution is -2.51. The van der Waals surface area contributed by atoms with E-state index in [4.69, 9.17) is 9.47 Å². The summed E-state index contributed by atoms with van der Waals surface area (Å²) in [7, 11) is 0. The third kappa shape index (κ3) is 7.15. The summed E-state index contributed by atoms with van der Waals surface area (Å²) in [5.41, 5.74) is 1.52. The third-order valence-electron chi connectivity index (χ3n) is 6.42. The molecule has 1 aliphatic rings. The molecule has 0 aromatic heterocycles. The zero-order valence-corrected chi connectivity index (χ0v) is 21.8. The molecule has 2 aromatic rings. The normalized spacial score (nSPS) is 26.3. The second kappa shape index (κ2) is 11.8. The molecular weight excluding hydrogens is 440 g/mol. The number of ether oxygens (including phenoxy) is 2. The zero-order valence-electron chi connectivity index (χ0n) is 21.8. The van der Waals surface area contributed by atoms with Crippen molar-refractivity contribution in [3.8, 4) is 0 Å². The van der Waals surface area contributed by atoms with Crippen molar-refractivity contribution in [3.05, 3.63) is 71.8 Å². The van der Waals surface area contributed by atoms with Crippen LogP contribution in [-0.2, 0) is 19.1 Å². The minimum atomic E-state index is -0.529. The molecule has 1 saturated heterocycles. The number of nitrogens with one attached hydrogen (secondary N) is 2. The van der Waals surface area contributed by atoms with Gasteiger partial charge in [0.2, 0.25) is 0 Å². The predicted octanol–water partition coefficient (Wildman–Crippen LogP) is 4.82. The first-order valence-corrected chi connectivity index (χ1v) is 12.5.